The van der Waals surface area contributed by atoms with Crippen LogP contribution in [0.5, 0.6) is 0 Å². The highest BCUT2D eigenvalue weighted by molar-refractivity contribution is 6.21. The summed E-state index contributed by atoms with van der Waals surface area (Å²) in [5.41, 5.74) is 3.36. The first-order chi connectivity index (χ1) is 15.1. The normalized spacial score (nSPS) is 16.5. The third-order valence-electron chi connectivity index (χ3n) is 6.26. The Morgan fingerprint density at radius 1 is 0.871 bits per heavy atom. The average Bonchev–Trinajstić information content (AvgIpc) is 3.04. The molecule has 2 aliphatic rings. The zero-order valence-electron chi connectivity index (χ0n) is 17.9. The van der Waals surface area contributed by atoms with E-state index in [0.717, 1.165) is 12.1 Å². The molecule has 2 aromatic carbocycles. The molecular weight excluding hydrogens is 390 g/mol. The van der Waals surface area contributed by atoms with Crippen LogP contribution in [0.25, 0.3) is 0 Å². The van der Waals surface area contributed by atoms with E-state index in [1.165, 1.54) is 42.8 Å². The van der Waals surface area contributed by atoms with E-state index in [0.29, 0.717) is 24.1 Å². The molecule has 31 heavy (non-hydrogen) atoms. The van der Waals surface area contributed by atoms with E-state index in [1.807, 2.05) is 6.07 Å². The Kier molecular flexibility index (Phi) is 6.77. The van der Waals surface area contributed by atoms with Crippen molar-refractivity contribution in [3.05, 3.63) is 70.8 Å². The van der Waals surface area contributed by atoms with Gasteiger partial charge in [0.1, 0.15) is 6.54 Å². The highest BCUT2D eigenvalue weighted by Gasteiger charge is 2.34. The number of hydrogen-bond acceptors (Lipinski definition) is 3. The topological polar surface area (TPSA) is 70.9 Å². The van der Waals surface area contributed by atoms with Gasteiger partial charge in [-0.2, -0.15) is 0 Å². The summed E-state index contributed by atoms with van der Waals surface area (Å²) in [5, 5.41) is 3.00. The van der Waals surface area contributed by atoms with Gasteiger partial charge >= 0.3 is 0 Å². The second-order valence-corrected chi connectivity index (χ2v) is 8.44. The number of nitrogens with zero attached hydrogens (tertiary/aromatic N) is 1. The van der Waals surface area contributed by atoms with E-state index in [9.17, 15) is 14.4 Å². The number of rotatable bonds is 8. The van der Waals surface area contributed by atoms with Crippen molar-refractivity contribution in [2.24, 2.45) is 0 Å². The smallest absolute Gasteiger partial charge is 0.261 e. The molecule has 1 saturated heterocycles. The van der Waals surface area contributed by atoms with Gasteiger partial charge in [0.15, 0.2) is 0 Å². The first-order valence-corrected chi connectivity index (χ1v) is 11.3. The van der Waals surface area contributed by atoms with Gasteiger partial charge in [0, 0.05) is 25.1 Å². The second kappa shape index (κ2) is 9.88. The molecule has 0 saturated carbocycles. The van der Waals surface area contributed by atoms with Gasteiger partial charge in [-0.05, 0) is 43.4 Å². The van der Waals surface area contributed by atoms with Crippen molar-refractivity contribution in [1.82, 2.24) is 10.2 Å². The molecule has 0 radical (unpaired) electrons. The lowest BCUT2D eigenvalue weighted by atomic mass is 10.0. The summed E-state index contributed by atoms with van der Waals surface area (Å²) in [6.07, 6.45) is 4.66. The summed E-state index contributed by atoms with van der Waals surface area (Å²) in [7, 11) is 0. The quantitative estimate of drug-likeness (QED) is 0.642. The van der Waals surface area contributed by atoms with Crippen LogP contribution in [0.3, 0.4) is 0 Å². The second-order valence-electron chi connectivity index (χ2n) is 8.44. The van der Waals surface area contributed by atoms with E-state index in [2.05, 4.69) is 23.5 Å². The minimum atomic E-state index is -0.268. The molecule has 0 spiro atoms. The lowest BCUT2D eigenvalue weighted by Crippen LogP contribution is -3.11. The molecule has 0 unspecified atom stereocenters. The zero-order valence-corrected chi connectivity index (χ0v) is 17.9. The number of nitrogens with one attached hydrogen (secondary N) is 2. The number of hydrogen-bond donors (Lipinski definition) is 2. The van der Waals surface area contributed by atoms with E-state index in [1.54, 1.807) is 29.2 Å². The first-order valence-electron chi connectivity index (χ1n) is 11.3. The minimum Gasteiger partial charge on any atom is -0.352 e. The van der Waals surface area contributed by atoms with Crippen molar-refractivity contribution in [3.63, 3.8) is 0 Å². The highest BCUT2D eigenvalue weighted by atomic mass is 16.2. The van der Waals surface area contributed by atoms with Crippen molar-refractivity contribution < 1.29 is 19.3 Å². The van der Waals surface area contributed by atoms with Crippen molar-refractivity contribution in [1.29, 1.82) is 0 Å². The van der Waals surface area contributed by atoms with Gasteiger partial charge in [-0.15, -0.1) is 0 Å². The number of likely N-dealkylation sites (tertiary alicyclic amines) is 1. The molecule has 0 atom stereocenters. The van der Waals surface area contributed by atoms with Gasteiger partial charge in [-0.1, -0.05) is 36.4 Å². The van der Waals surface area contributed by atoms with Gasteiger partial charge in [0.2, 0.25) is 5.91 Å². The van der Waals surface area contributed by atoms with Crippen LogP contribution in [0.4, 0.5) is 0 Å². The third kappa shape index (κ3) is 5.02. The Morgan fingerprint density at radius 3 is 2.16 bits per heavy atom. The van der Waals surface area contributed by atoms with E-state index in [4.69, 9.17) is 0 Å². The van der Waals surface area contributed by atoms with Crippen LogP contribution < -0.4 is 10.2 Å². The van der Waals surface area contributed by atoms with E-state index >= 15 is 0 Å². The average molecular weight is 421 g/mol. The standard InChI is InChI=1S/C25H29N3O3/c29-23(13-8-16-28-24(30)21-11-4-5-12-22(21)25(28)31)26-17-19-9-2-3-10-20(19)18-27-14-6-1-7-15-27/h2-5,9-12H,1,6-8,13-18H2,(H,26,29)/p+1. The number of amides is 3. The summed E-state index contributed by atoms with van der Waals surface area (Å²) in [6, 6.07) is 15.2. The Labute approximate surface area is 183 Å². The fourth-order valence-electron chi connectivity index (χ4n) is 4.52. The number of piperidine rings is 1. The van der Waals surface area contributed by atoms with Crippen LogP contribution in [0.1, 0.15) is 63.9 Å². The molecule has 2 aromatic rings. The molecule has 0 aliphatic carbocycles. The third-order valence-corrected chi connectivity index (χ3v) is 6.26. The predicted octanol–water partition coefficient (Wildman–Crippen LogP) is 1.95. The number of carbonyl (C=O) groups excluding carboxylic acids is 3. The summed E-state index contributed by atoms with van der Waals surface area (Å²) >= 11 is 0. The Bertz CT molecular complexity index is 931. The maximum Gasteiger partial charge on any atom is 0.261 e. The van der Waals surface area contributed by atoms with E-state index < -0.39 is 0 Å². The Balaban J connectivity index is 1.24. The van der Waals surface area contributed by atoms with Crippen molar-refractivity contribution >= 4 is 17.7 Å². The van der Waals surface area contributed by atoms with Crippen LogP contribution in [-0.4, -0.2) is 42.3 Å². The van der Waals surface area contributed by atoms with Gasteiger partial charge in [0.25, 0.3) is 11.8 Å². The van der Waals surface area contributed by atoms with Gasteiger partial charge in [-0.25, -0.2) is 0 Å². The number of quaternary nitrogens is 1. The maximum atomic E-state index is 12.4. The fraction of sp³-hybridized carbons (Fsp3) is 0.400. The maximum absolute atomic E-state index is 12.4. The molecule has 0 bridgehead atoms. The molecular formula is C25H30N3O3+. The fourth-order valence-corrected chi connectivity index (χ4v) is 4.52. The van der Waals surface area contributed by atoms with Crippen LogP contribution in [-0.2, 0) is 17.9 Å². The summed E-state index contributed by atoms with van der Waals surface area (Å²) < 4.78 is 0. The molecule has 3 amide bonds. The van der Waals surface area contributed by atoms with Crippen LogP contribution >= 0.6 is 0 Å². The Morgan fingerprint density at radius 2 is 1.48 bits per heavy atom. The molecule has 6 heteroatoms. The molecule has 2 heterocycles. The van der Waals surface area contributed by atoms with Crippen molar-refractivity contribution in [2.75, 3.05) is 19.6 Å². The first kappa shape index (κ1) is 21.2. The molecule has 2 N–H and O–H groups in total. The summed E-state index contributed by atoms with van der Waals surface area (Å²) in [5.74, 6) is -0.595. The lowest BCUT2D eigenvalue weighted by molar-refractivity contribution is -0.918. The number of imide groups is 1. The molecule has 162 valence electrons. The monoisotopic (exact) mass is 420 g/mol. The van der Waals surface area contributed by atoms with Crippen LogP contribution in [0, 0.1) is 0 Å². The molecule has 0 aromatic heterocycles. The van der Waals surface area contributed by atoms with Gasteiger partial charge < -0.3 is 10.2 Å². The molecule has 2 aliphatic heterocycles. The van der Waals surface area contributed by atoms with Crippen molar-refractivity contribution in [3.8, 4) is 0 Å². The molecule has 4 rings (SSSR count). The Hall–Kier alpha value is -2.99. The molecule has 6 nitrogen and oxygen atoms in total. The highest BCUT2D eigenvalue weighted by Crippen LogP contribution is 2.22. The number of fused-ring (bicyclic) bond motifs is 1. The summed E-state index contributed by atoms with van der Waals surface area (Å²) in [4.78, 5) is 40.0. The number of carbonyl (C=O) groups is 3. The number of benzene rings is 2. The largest absolute Gasteiger partial charge is 0.352 e. The molecule has 1 fully saturated rings. The van der Waals surface area contributed by atoms with E-state index in [-0.39, 0.29) is 30.7 Å². The SMILES string of the molecule is O=C(CCCN1C(=O)c2ccccc2C1=O)NCc1ccccc1C[NH+]1CCCCC1. The van der Waals surface area contributed by atoms with Crippen LogP contribution in [0.15, 0.2) is 48.5 Å². The predicted molar refractivity (Wildman–Crippen MR) is 118 cm³/mol. The van der Waals surface area contributed by atoms with Crippen molar-refractivity contribution in [2.45, 2.75) is 45.2 Å². The van der Waals surface area contributed by atoms with Gasteiger partial charge in [0.05, 0.1) is 24.2 Å². The van der Waals surface area contributed by atoms with Gasteiger partial charge in [-0.3, -0.25) is 19.3 Å². The lowest BCUT2D eigenvalue weighted by Gasteiger charge is -2.24. The zero-order chi connectivity index (χ0) is 21.6. The summed E-state index contributed by atoms with van der Waals surface area (Å²) in [6.45, 7) is 4.22. The van der Waals surface area contributed by atoms with Crippen LogP contribution in [0.2, 0.25) is 0 Å². The minimum absolute atomic E-state index is 0.0586.